The van der Waals surface area contributed by atoms with Gasteiger partial charge < -0.3 is 10.0 Å². The summed E-state index contributed by atoms with van der Waals surface area (Å²) >= 11 is 1.79. The second kappa shape index (κ2) is 6.19. The number of rotatable bonds is 3. The van der Waals surface area contributed by atoms with Crippen LogP contribution in [0.5, 0.6) is 0 Å². The SMILES string of the molecule is CSc1c(C)cc(C)c(N2C=CC(O)C2)c1-c1ccccc1. The predicted octanol–water partition coefficient (Wildman–Crippen LogP) is 4.39. The molecule has 114 valence electrons. The van der Waals surface area contributed by atoms with Crippen LogP contribution in [-0.4, -0.2) is 24.0 Å². The van der Waals surface area contributed by atoms with Crippen molar-refractivity contribution in [2.45, 2.75) is 24.8 Å². The maximum absolute atomic E-state index is 9.86. The number of hydrogen-bond donors (Lipinski definition) is 1. The molecule has 22 heavy (non-hydrogen) atoms. The highest BCUT2D eigenvalue weighted by molar-refractivity contribution is 7.98. The van der Waals surface area contributed by atoms with Gasteiger partial charge in [-0.05, 0) is 42.9 Å². The maximum Gasteiger partial charge on any atom is 0.0916 e. The summed E-state index contributed by atoms with van der Waals surface area (Å²) in [5.41, 5.74) is 6.24. The fourth-order valence-electron chi connectivity index (χ4n) is 3.16. The number of β-amino-alcohol motifs (C(OH)–C–C–N with tert-alkyl or cyclic N) is 1. The highest BCUT2D eigenvalue weighted by atomic mass is 32.2. The summed E-state index contributed by atoms with van der Waals surface area (Å²) in [5, 5.41) is 9.86. The molecule has 1 atom stereocenters. The molecule has 0 radical (unpaired) electrons. The molecule has 0 bridgehead atoms. The summed E-state index contributed by atoms with van der Waals surface area (Å²) < 4.78 is 0. The van der Waals surface area contributed by atoms with Gasteiger partial charge in [-0.1, -0.05) is 36.4 Å². The van der Waals surface area contributed by atoms with Gasteiger partial charge in [0.2, 0.25) is 0 Å². The van der Waals surface area contributed by atoms with E-state index in [4.69, 9.17) is 0 Å². The second-order valence-electron chi connectivity index (χ2n) is 5.69. The van der Waals surface area contributed by atoms with Gasteiger partial charge in [0.05, 0.1) is 18.3 Å². The number of anilines is 1. The van der Waals surface area contributed by atoms with Gasteiger partial charge in [-0.25, -0.2) is 0 Å². The van der Waals surface area contributed by atoms with E-state index < -0.39 is 0 Å². The fraction of sp³-hybridized carbons (Fsp3) is 0.263. The average Bonchev–Trinajstić information content (AvgIpc) is 2.93. The Hall–Kier alpha value is -1.71. The summed E-state index contributed by atoms with van der Waals surface area (Å²) in [5.74, 6) is 0. The van der Waals surface area contributed by atoms with Crippen LogP contribution in [0.4, 0.5) is 5.69 Å². The molecule has 0 spiro atoms. The van der Waals surface area contributed by atoms with Crippen molar-refractivity contribution in [2.75, 3.05) is 17.7 Å². The number of thioether (sulfide) groups is 1. The Morgan fingerprint density at radius 2 is 1.86 bits per heavy atom. The lowest BCUT2D eigenvalue weighted by atomic mass is 9.97. The van der Waals surface area contributed by atoms with Crippen molar-refractivity contribution >= 4 is 17.4 Å². The van der Waals surface area contributed by atoms with Crippen molar-refractivity contribution in [3.05, 3.63) is 59.8 Å². The molecule has 3 rings (SSSR count). The number of aliphatic hydroxyl groups is 1. The molecule has 2 nitrogen and oxygen atoms in total. The molecule has 2 aromatic carbocycles. The van der Waals surface area contributed by atoms with Gasteiger partial charge in [-0.2, -0.15) is 0 Å². The molecule has 1 unspecified atom stereocenters. The third-order valence-corrected chi connectivity index (χ3v) is 4.99. The third-order valence-electron chi connectivity index (χ3n) is 4.05. The second-order valence-corrected chi connectivity index (χ2v) is 6.51. The molecule has 2 aromatic rings. The van der Waals surface area contributed by atoms with E-state index in [1.54, 1.807) is 11.8 Å². The summed E-state index contributed by atoms with van der Waals surface area (Å²) in [6.07, 6.45) is 5.59. The first-order valence-corrected chi connectivity index (χ1v) is 8.71. The van der Waals surface area contributed by atoms with Crippen molar-refractivity contribution in [2.24, 2.45) is 0 Å². The van der Waals surface area contributed by atoms with E-state index in [1.165, 1.54) is 32.8 Å². The highest BCUT2D eigenvalue weighted by Crippen LogP contribution is 2.43. The van der Waals surface area contributed by atoms with Crippen LogP contribution in [0.25, 0.3) is 11.1 Å². The Bertz CT molecular complexity index is 709. The number of aryl methyl sites for hydroxylation is 2. The molecule has 1 aliphatic rings. The summed E-state index contributed by atoms with van der Waals surface area (Å²) in [7, 11) is 0. The number of hydrogen-bond acceptors (Lipinski definition) is 3. The average molecular weight is 311 g/mol. The van der Waals surface area contributed by atoms with Gasteiger partial charge in [-0.15, -0.1) is 11.8 Å². The number of aliphatic hydroxyl groups excluding tert-OH is 1. The van der Waals surface area contributed by atoms with E-state index >= 15 is 0 Å². The molecule has 0 aromatic heterocycles. The van der Waals surface area contributed by atoms with Crippen molar-refractivity contribution in [1.29, 1.82) is 0 Å². The summed E-state index contributed by atoms with van der Waals surface area (Å²) in [6, 6.07) is 12.8. The number of nitrogens with zero attached hydrogens (tertiary/aromatic N) is 1. The van der Waals surface area contributed by atoms with E-state index in [9.17, 15) is 5.11 Å². The van der Waals surface area contributed by atoms with Crippen LogP contribution >= 0.6 is 11.8 Å². The van der Waals surface area contributed by atoms with Gasteiger partial charge in [-0.3, -0.25) is 0 Å². The first kappa shape index (κ1) is 15.2. The largest absolute Gasteiger partial charge is 0.387 e. The van der Waals surface area contributed by atoms with Crippen LogP contribution in [0, 0.1) is 13.8 Å². The number of benzene rings is 2. The van der Waals surface area contributed by atoms with Crippen molar-refractivity contribution < 1.29 is 5.11 Å². The highest BCUT2D eigenvalue weighted by Gasteiger charge is 2.23. The molecule has 0 aliphatic carbocycles. The Morgan fingerprint density at radius 3 is 2.45 bits per heavy atom. The smallest absolute Gasteiger partial charge is 0.0916 e. The minimum atomic E-state index is -0.387. The van der Waals surface area contributed by atoms with Crippen molar-refractivity contribution in [3.63, 3.8) is 0 Å². The minimum absolute atomic E-state index is 0.387. The topological polar surface area (TPSA) is 23.5 Å². The van der Waals surface area contributed by atoms with Gasteiger partial charge >= 0.3 is 0 Å². The lowest BCUT2D eigenvalue weighted by molar-refractivity contribution is 0.238. The van der Waals surface area contributed by atoms with E-state index in [0.29, 0.717) is 6.54 Å². The van der Waals surface area contributed by atoms with Crippen LogP contribution in [0.1, 0.15) is 11.1 Å². The Labute approximate surface area is 136 Å². The zero-order chi connectivity index (χ0) is 15.7. The van der Waals surface area contributed by atoms with Crippen molar-refractivity contribution in [3.8, 4) is 11.1 Å². The van der Waals surface area contributed by atoms with Crippen LogP contribution < -0.4 is 4.90 Å². The molecular formula is C19H21NOS. The summed E-state index contributed by atoms with van der Waals surface area (Å²) in [4.78, 5) is 3.48. The van der Waals surface area contributed by atoms with Crippen LogP contribution in [-0.2, 0) is 0 Å². The molecule has 0 saturated carbocycles. The van der Waals surface area contributed by atoms with Gasteiger partial charge in [0.1, 0.15) is 0 Å². The Balaban J connectivity index is 2.26. The first-order valence-electron chi connectivity index (χ1n) is 7.48. The molecule has 1 heterocycles. The molecule has 1 N–H and O–H groups in total. The minimum Gasteiger partial charge on any atom is -0.387 e. The van der Waals surface area contributed by atoms with Gasteiger partial charge in [0, 0.05) is 16.7 Å². The zero-order valence-corrected chi connectivity index (χ0v) is 14.0. The third kappa shape index (κ3) is 2.67. The molecule has 0 saturated heterocycles. The van der Waals surface area contributed by atoms with E-state index in [-0.39, 0.29) is 6.10 Å². The lowest BCUT2D eigenvalue weighted by Crippen LogP contribution is -2.21. The molecule has 3 heteroatoms. The lowest BCUT2D eigenvalue weighted by Gasteiger charge is -2.26. The predicted molar refractivity (Wildman–Crippen MR) is 95.6 cm³/mol. The maximum atomic E-state index is 9.86. The fourth-order valence-corrected chi connectivity index (χ4v) is 3.96. The van der Waals surface area contributed by atoms with E-state index in [2.05, 4.69) is 55.3 Å². The van der Waals surface area contributed by atoms with Crippen LogP contribution in [0.3, 0.4) is 0 Å². The molecule has 0 amide bonds. The molecule has 1 aliphatic heterocycles. The van der Waals surface area contributed by atoms with Crippen LogP contribution in [0.15, 0.2) is 53.6 Å². The van der Waals surface area contributed by atoms with E-state index in [0.717, 1.165) is 0 Å². The Morgan fingerprint density at radius 1 is 1.14 bits per heavy atom. The molecule has 0 fully saturated rings. The quantitative estimate of drug-likeness (QED) is 0.851. The normalized spacial score (nSPS) is 17.3. The molecular weight excluding hydrogens is 290 g/mol. The first-order chi connectivity index (χ1) is 10.6. The Kier molecular flexibility index (Phi) is 4.27. The van der Waals surface area contributed by atoms with Crippen LogP contribution in [0.2, 0.25) is 0 Å². The summed E-state index contributed by atoms with van der Waals surface area (Å²) in [6.45, 7) is 4.94. The van der Waals surface area contributed by atoms with Gasteiger partial charge in [0.15, 0.2) is 0 Å². The monoisotopic (exact) mass is 311 g/mol. The van der Waals surface area contributed by atoms with Crippen molar-refractivity contribution in [1.82, 2.24) is 0 Å². The zero-order valence-electron chi connectivity index (χ0n) is 13.2. The standard InChI is InChI=1S/C19H21NOS/c1-13-11-14(2)19(22-3)17(15-7-5-4-6-8-15)18(13)20-10-9-16(21)12-20/h4-11,16,21H,12H2,1-3H3. The van der Waals surface area contributed by atoms with E-state index in [1.807, 2.05) is 18.3 Å². The van der Waals surface area contributed by atoms with Gasteiger partial charge in [0.25, 0.3) is 0 Å².